The molecular formula is C12H9F3N2. The van der Waals surface area contributed by atoms with Gasteiger partial charge in [-0.1, -0.05) is 30.3 Å². The summed E-state index contributed by atoms with van der Waals surface area (Å²) in [6.07, 6.45) is -3.32. The highest BCUT2D eigenvalue weighted by molar-refractivity contribution is 5.75. The molecule has 0 unspecified atom stereocenters. The molecule has 0 saturated carbocycles. The maximum absolute atomic E-state index is 12.4. The van der Waals surface area contributed by atoms with Gasteiger partial charge in [0.25, 0.3) is 0 Å². The Morgan fingerprint density at radius 3 is 2.24 bits per heavy atom. The third-order valence-corrected chi connectivity index (χ3v) is 2.31. The molecule has 1 aromatic heterocycles. The Balaban J connectivity index is 2.46. The summed E-state index contributed by atoms with van der Waals surface area (Å²) in [4.78, 5) is 3.38. The van der Waals surface area contributed by atoms with Gasteiger partial charge in [0, 0.05) is 17.4 Å². The molecule has 0 radical (unpaired) electrons. The van der Waals surface area contributed by atoms with Gasteiger partial charge in [-0.25, -0.2) is 0 Å². The summed E-state index contributed by atoms with van der Waals surface area (Å²) in [5, 5.41) is 0. The zero-order valence-electron chi connectivity index (χ0n) is 8.70. The Labute approximate surface area is 95.9 Å². The van der Waals surface area contributed by atoms with Crippen LogP contribution in [0.5, 0.6) is 0 Å². The van der Waals surface area contributed by atoms with E-state index in [-0.39, 0.29) is 5.69 Å². The van der Waals surface area contributed by atoms with Crippen molar-refractivity contribution >= 4 is 5.69 Å². The van der Waals surface area contributed by atoms with Crippen LogP contribution in [-0.4, -0.2) is 4.98 Å². The van der Waals surface area contributed by atoms with Gasteiger partial charge in [-0.3, -0.25) is 4.98 Å². The quantitative estimate of drug-likeness (QED) is 0.827. The molecule has 0 saturated heterocycles. The van der Waals surface area contributed by atoms with Gasteiger partial charge in [-0.2, -0.15) is 13.2 Å². The van der Waals surface area contributed by atoms with E-state index < -0.39 is 11.9 Å². The zero-order valence-corrected chi connectivity index (χ0v) is 8.70. The van der Waals surface area contributed by atoms with Crippen molar-refractivity contribution in [2.24, 2.45) is 0 Å². The second-order valence-corrected chi connectivity index (χ2v) is 3.52. The Morgan fingerprint density at radius 2 is 1.71 bits per heavy atom. The third kappa shape index (κ3) is 2.38. The van der Waals surface area contributed by atoms with E-state index in [2.05, 4.69) is 4.98 Å². The van der Waals surface area contributed by atoms with E-state index in [0.29, 0.717) is 5.56 Å². The predicted molar refractivity (Wildman–Crippen MR) is 59.1 cm³/mol. The molecule has 0 atom stereocenters. The van der Waals surface area contributed by atoms with Crippen molar-refractivity contribution in [1.29, 1.82) is 0 Å². The Kier molecular flexibility index (Phi) is 2.75. The molecule has 0 fully saturated rings. The Hall–Kier alpha value is -2.04. The van der Waals surface area contributed by atoms with E-state index in [0.717, 1.165) is 17.8 Å². The predicted octanol–water partition coefficient (Wildman–Crippen LogP) is 3.35. The molecule has 0 aliphatic carbocycles. The average molecular weight is 238 g/mol. The van der Waals surface area contributed by atoms with Gasteiger partial charge in [0.2, 0.25) is 0 Å². The second-order valence-electron chi connectivity index (χ2n) is 3.52. The van der Waals surface area contributed by atoms with Crippen molar-refractivity contribution in [2.75, 3.05) is 5.73 Å². The largest absolute Gasteiger partial charge is 0.433 e. The number of nitrogens with two attached hydrogens (primary N) is 1. The van der Waals surface area contributed by atoms with Crippen molar-refractivity contribution in [3.8, 4) is 11.1 Å². The summed E-state index contributed by atoms with van der Waals surface area (Å²) in [5.74, 6) is 0. The minimum absolute atomic E-state index is 0.0681. The van der Waals surface area contributed by atoms with Crippen LogP contribution in [0.3, 0.4) is 0 Å². The van der Waals surface area contributed by atoms with Crippen LogP contribution in [0.4, 0.5) is 18.9 Å². The number of alkyl halides is 3. The summed E-state index contributed by atoms with van der Waals surface area (Å²) in [6, 6.07) is 9.76. The fourth-order valence-electron chi connectivity index (χ4n) is 1.48. The zero-order chi connectivity index (χ0) is 12.5. The summed E-state index contributed by atoms with van der Waals surface area (Å²) in [6.45, 7) is 0. The average Bonchev–Trinajstić information content (AvgIpc) is 2.29. The van der Waals surface area contributed by atoms with Crippen LogP contribution in [0.25, 0.3) is 11.1 Å². The fraction of sp³-hybridized carbons (Fsp3) is 0.0833. The van der Waals surface area contributed by atoms with E-state index in [1.807, 2.05) is 6.07 Å². The van der Waals surface area contributed by atoms with Gasteiger partial charge in [0.05, 0.1) is 0 Å². The Morgan fingerprint density at radius 1 is 1.06 bits per heavy atom. The van der Waals surface area contributed by atoms with Crippen molar-refractivity contribution < 1.29 is 13.2 Å². The minimum Gasteiger partial charge on any atom is -0.398 e. The van der Waals surface area contributed by atoms with Crippen LogP contribution in [0.1, 0.15) is 5.69 Å². The van der Waals surface area contributed by atoms with Gasteiger partial charge in [0.15, 0.2) is 0 Å². The van der Waals surface area contributed by atoms with E-state index in [4.69, 9.17) is 5.73 Å². The lowest BCUT2D eigenvalue weighted by Crippen LogP contribution is -2.08. The molecule has 5 heteroatoms. The monoisotopic (exact) mass is 238 g/mol. The first kappa shape index (κ1) is 11.4. The van der Waals surface area contributed by atoms with Gasteiger partial charge >= 0.3 is 6.18 Å². The van der Waals surface area contributed by atoms with Crippen molar-refractivity contribution in [3.05, 3.63) is 48.3 Å². The fourth-order valence-corrected chi connectivity index (χ4v) is 1.48. The lowest BCUT2D eigenvalue weighted by Gasteiger charge is -2.09. The molecule has 2 nitrogen and oxygen atoms in total. The summed E-state index contributed by atoms with van der Waals surface area (Å²) in [7, 11) is 0. The van der Waals surface area contributed by atoms with Crippen LogP contribution in [-0.2, 0) is 6.18 Å². The number of nitrogen functional groups attached to an aromatic ring is 1. The van der Waals surface area contributed by atoms with Crippen LogP contribution in [0.15, 0.2) is 42.6 Å². The van der Waals surface area contributed by atoms with Crippen LogP contribution in [0.2, 0.25) is 0 Å². The van der Waals surface area contributed by atoms with Gasteiger partial charge in [-0.05, 0) is 11.6 Å². The molecule has 0 bridgehead atoms. The first-order chi connectivity index (χ1) is 7.98. The standard InChI is InChI=1S/C12H9F3N2/c13-12(14,15)11-6-10(16)9(7-17-11)8-4-2-1-3-5-8/h1-7H,(H2,16,17). The van der Waals surface area contributed by atoms with Crippen molar-refractivity contribution in [3.63, 3.8) is 0 Å². The van der Waals surface area contributed by atoms with E-state index in [1.165, 1.54) is 0 Å². The van der Waals surface area contributed by atoms with Crippen LogP contribution in [0, 0.1) is 0 Å². The Bertz CT molecular complexity index is 521. The first-order valence-corrected chi connectivity index (χ1v) is 4.86. The number of pyridine rings is 1. The summed E-state index contributed by atoms with van der Waals surface area (Å²) < 4.78 is 37.2. The molecule has 2 rings (SSSR count). The number of rotatable bonds is 1. The second kappa shape index (κ2) is 4.08. The summed E-state index contributed by atoms with van der Waals surface area (Å²) >= 11 is 0. The lowest BCUT2D eigenvalue weighted by molar-refractivity contribution is -0.141. The topological polar surface area (TPSA) is 38.9 Å². The highest BCUT2D eigenvalue weighted by Crippen LogP contribution is 2.32. The first-order valence-electron chi connectivity index (χ1n) is 4.86. The van der Waals surface area contributed by atoms with E-state index in [1.54, 1.807) is 24.3 Å². The van der Waals surface area contributed by atoms with Crippen molar-refractivity contribution in [2.45, 2.75) is 6.18 Å². The smallest absolute Gasteiger partial charge is 0.398 e. The molecule has 0 aliphatic heterocycles. The number of aromatic nitrogens is 1. The van der Waals surface area contributed by atoms with Gasteiger partial charge in [0.1, 0.15) is 5.69 Å². The third-order valence-electron chi connectivity index (χ3n) is 2.31. The lowest BCUT2D eigenvalue weighted by atomic mass is 10.1. The van der Waals surface area contributed by atoms with Crippen LogP contribution < -0.4 is 5.73 Å². The number of benzene rings is 1. The molecule has 0 aliphatic rings. The molecule has 0 amide bonds. The number of hydrogen-bond donors (Lipinski definition) is 1. The number of anilines is 1. The number of hydrogen-bond acceptors (Lipinski definition) is 2. The molecule has 88 valence electrons. The van der Waals surface area contributed by atoms with Crippen molar-refractivity contribution in [1.82, 2.24) is 4.98 Å². The van der Waals surface area contributed by atoms with Gasteiger partial charge in [-0.15, -0.1) is 0 Å². The molecular weight excluding hydrogens is 229 g/mol. The maximum Gasteiger partial charge on any atom is 0.433 e. The van der Waals surface area contributed by atoms with Crippen LogP contribution >= 0.6 is 0 Å². The number of halogens is 3. The minimum atomic E-state index is -4.47. The summed E-state index contributed by atoms with van der Waals surface area (Å²) in [5.41, 5.74) is 5.94. The number of nitrogens with zero attached hydrogens (tertiary/aromatic N) is 1. The van der Waals surface area contributed by atoms with Gasteiger partial charge < -0.3 is 5.73 Å². The molecule has 2 N–H and O–H groups in total. The molecule has 2 aromatic rings. The molecule has 17 heavy (non-hydrogen) atoms. The molecule has 0 spiro atoms. The molecule has 1 aromatic carbocycles. The normalized spacial score (nSPS) is 11.5. The van der Waals surface area contributed by atoms with E-state index >= 15 is 0 Å². The SMILES string of the molecule is Nc1cc(C(F)(F)F)ncc1-c1ccccc1. The maximum atomic E-state index is 12.4. The van der Waals surface area contributed by atoms with E-state index in [9.17, 15) is 13.2 Å². The highest BCUT2D eigenvalue weighted by atomic mass is 19.4. The highest BCUT2D eigenvalue weighted by Gasteiger charge is 2.32. The molecule has 1 heterocycles.